The van der Waals surface area contributed by atoms with Gasteiger partial charge in [-0.1, -0.05) is 43.6 Å². The summed E-state index contributed by atoms with van der Waals surface area (Å²) < 4.78 is 0. The Hall–Kier alpha value is -0.0500. The molecular formula is C12H22BrNO. The summed E-state index contributed by atoms with van der Waals surface area (Å²) in [6.07, 6.45) is 1.99. The molecule has 1 amide bonds. The van der Waals surface area contributed by atoms with Crippen molar-refractivity contribution in [2.75, 3.05) is 13.1 Å². The SMILES string of the molecule is CCC(C)(C)C(=O)N1CCC(Br)C(C)C1. The third-order valence-corrected chi connectivity index (χ3v) is 4.91. The number of piperidine rings is 1. The lowest BCUT2D eigenvalue weighted by atomic mass is 9.87. The second kappa shape index (κ2) is 4.86. The lowest BCUT2D eigenvalue weighted by Crippen LogP contribution is -2.48. The van der Waals surface area contributed by atoms with Gasteiger partial charge >= 0.3 is 0 Å². The van der Waals surface area contributed by atoms with Gasteiger partial charge in [0.25, 0.3) is 0 Å². The van der Waals surface area contributed by atoms with Gasteiger partial charge in [0.05, 0.1) is 0 Å². The van der Waals surface area contributed by atoms with Gasteiger partial charge in [0.1, 0.15) is 0 Å². The zero-order valence-corrected chi connectivity index (χ0v) is 11.8. The topological polar surface area (TPSA) is 20.3 Å². The van der Waals surface area contributed by atoms with Gasteiger partial charge in [-0.15, -0.1) is 0 Å². The summed E-state index contributed by atoms with van der Waals surface area (Å²) in [6, 6.07) is 0. The number of halogens is 1. The number of carbonyl (C=O) groups is 1. The second-order valence-corrected chi connectivity index (χ2v) is 6.45. The largest absolute Gasteiger partial charge is 0.342 e. The van der Waals surface area contributed by atoms with E-state index >= 15 is 0 Å². The number of hydrogen-bond acceptors (Lipinski definition) is 1. The molecule has 2 atom stereocenters. The predicted octanol–water partition coefficient (Wildman–Crippen LogP) is 3.05. The van der Waals surface area contributed by atoms with Crippen LogP contribution in [-0.4, -0.2) is 28.7 Å². The maximum atomic E-state index is 12.2. The molecule has 1 rings (SSSR count). The fraction of sp³-hybridized carbons (Fsp3) is 0.917. The first kappa shape index (κ1) is 13.0. The first-order valence-corrected chi connectivity index (χ1v) is 6.73. The molecule has 0 aliphatic carbocycles. The fourth-order valence-corrected chi connectivity index (χ4v) is 2.25. The highest BCUT2D eigenvalue weighted by atomic mass is 79.9. The van der Waals surface area contributed by atoms with Crippen molar-refractivity contribution < 1.29 is 4.79 Å². The van der Waals surface area contributed by atoms with Crippen LogP contribution in [-0.2, 0) is 4.79 Å². The highest BCUT2D eigenvalue weighted by Crippen LogP contribution is 2.28. The number of hydrogen-bond donors (Lipinski definition) is 0. The molecular weight excluding hydrogens is 254 g/mol. The molecule has 0 spiro atoms. The average molecular weight is 276 g/mol. The summed E-state index contributed by atoms with van der Waals surface area (Å²) >= 11 is 3.66. The van der Waals surface area contributed by atoms with Crippen LogP contribution in [0.5, 0.6) is 0 Å². The summed E-state index contributed by atoms with van der Waals surface area (Å²) in [6.45, 7) is 10.2. The summed E-state index contributed by atoms with van der Waals surface area (Å²) in [4.78, 5) is 14.8. The zero-order chi connectivity index (χ0) is 11.6. The summed E-state index contributed by atoms with van der Waals surface area (Å²) in [5.41, 5.74) is -0.196. The second-order valence-electron chi connectivity index (χ2n) is 5.27. The van der Waals surface area contributed by atoms with Gasteiger partial charge in [-0.3, -0.25) is 4.79 Å². The lowest BCUT2D eigenvalue weighted by Gasteiger charge is -2.38. The Bertz CT molecular complexity index is 240. The monoisotopic (exact) mass is 275 g/mol. The molecule has 0 radical (unpaired) electrons. The van der Waals surface area contributed by atoms with Gasteiger partial charge in [-0.05, 0) is 18.8 Å². The molecule has 0 aromatic rings. The van der Waals surface area contributed by atoms with E-state index in [9.17, 15) is 4.79 Å². The maximum Gasteiger partial charge on any atom is 0.228 e. The Balaban J connectivity index is 2.62. The standard InChI is InChI=1S/C12H22BrNO/c1-5-12(3,4)11(15)14-7-6-10(13)9(2)8-14/h9-10H,5-8H2,1-4H3. The molecule has 0 aromatic heterocycles. The van der Waals surface area contributed by atoms with Gasteiger partial charge in [-0.25, -0.2) is 0 Å². The van der Waals surface area contributed by atoms with Crippen LogP contribution >= 0.6 is 15.9 Å². The van der Waals surface area contributed by atoms with Crippen molar-refractivity contribution in [3.05, 3.63) is 0 Å². The van der Waals surface area contributed by atoms with Crippen LogP contribution < -0.4 is 0 Å². The number of rotatable bonds is 2. The van der Waals surface area contributed by atoms with E-state index in [0.717, 1.165) is 25.9 Å². The van der Waals surface area contributed by atoms with Gasteiger partial charge < -0.3 is 4.90 Å². The molecule has 1 heterocycles. The number of amides is 1. The molecule has 0 saturated carbocycles. The molecule has 1 aliphatic heterocycles. The predicted molar refractivity (Wildman–Crippen MR) is 67.1 cm³/mol. The molecule has 2 unspecified atom stereocenters. The van der Waals surface area contributed by atoms with Gasteiger partial charge in [-0.2, -0.15) is 0 Å². The maximum absolute atomic E-state index is 12.2. The highest BCUT2D eigenvalue weighted by molar-refractivity contribution is 9.09. The Labute approximate surface area is 102 Å². The van der Waals surface area contributed by atoms with E-state index in [4.69, 9.17) is 0 Å². The van der Waals surface area contributed by atoms with E-state index in [2.05, 4.69) is 29.8 Å². The number of likely N-dealkylation sites (tertiary alicyclic amines) is 1. The number of alkyl halides is 1. The van der Waals surface area contributed by atoms with Crippen LogP contribution in [0.1, 0.15) is 40.5 Å². The normalized spacial score (nSPS) is 27.9. The molecule has 0 bridgehead atoms. The van der Waals surface area contributed by atoms with Crippen LogP contribution in [0.2, 0.25) is 0 Å². The smallest absolute Gasteiger partial charge is 0.228 e. The van der Waals surface area contributed by atoms with E-state index in [1.165, 1.54) is 0 Å². The molecule has 0 aromatic carbocycles. The molecule has 0 N–H and O–H groups in total. The van der Waals surface area contributed by atoms with Crippen molar-refractivity contribution in [3.63, 3.8) is 0 Å². The third-order valence-electron chi connectivity index (χ3n) is 3.55. The van der Waals surface area contributed by atoms with E-state index < -0.39 is 0 Å². The Morgan fingerprint density at radius 1 is 1.53 bits per heavy atom. The third kappa shape index (κ3) is 2.96. The molecule has 3 heteroatoms. The summed E-state index contributed by atoms with van der Waals surface area (Å²) in [5, 5.41) is 0. The molecule has 1 saturated heterocycles. The van der Waals surface area contributed by atoms with Crippen LogP contribution in [0.15, 0.2) is 0 Å². The fourth-order valence-electron chi connectivity index (χ4n) is 1.88. The van der Waals surface area contributed by atoms with Crippen LogP contribution in [0, 0.1) is 11.3 Å². The molecule has 88 valence electrons. The highest BCUT2D eigenvalue weighted by Gasteiger charge is 2.34. The quantitative estimate of drug-likeness (QED) is 0.710. The number of nitrogens with zero attached hydrogens (tertiary/aromatic N) is 1. The van der Waals surface area contributed by atoms with Crippen LogP contribution in [0.3, 0.4) is 0 Å². The first-order chi connectivity index (χ1) is 6.88. The summed E-state index contributed by atoms with van der Waals surface area (Å²) in [7, 11) is 0. The van der Waals surface area contributed by atoms with E-state index in [1.54, 1.807) is 0 Å². The zero-order valence-electron chi connectivity index (χ0n) is 10.2. The van der Waals surface area contributed by atoms with E-state index in [0.29, 0.717) is 16.7 Å². The van der Waals surface area contributed by atoms with Gasteiger partial charge in [0.15, 0.2) is 0 Å². The summed E-state index contributed by atoms with van der Waals surface area (Å²) in [5.74, 6) is 0.881. The first-order valence-electron chi connectivity index (χ1n) is 5.82. The minimum atomic E-state index is -0.196. The molecule has 15 heavy (non-hydrogen) atoms. The Morgan fingerprint density at radius 2 is 2.13 bits per heavy atom. The van der Waals surface area contributed by atoms with Crippen LogP contribution in [0.25, 0.3) is 0 Å². The number of carbonyl (C=O) groups excluding carboxylic acids is 1. The average Bonchev–Trinajstić information content (AvgIpc) is 2.21. The minimum Gasteiger partial charge on any atom is -0.342 e. The van der Waals surface area contributed by atoms with E-state index in [-0.39, 0.29) is 5.41 Å². The Kier molecular flexibility index (Phi) is 4.21. The van der Waals surface area contributed by atoms with Crippen molar-refractivity contribution in [1.82, 2.24) is 4.90 Å². The Morgan fingerprint density at radius 3 is 2.60 bits per heavy atom. The van der Waals surface area contributed by atoms with Gasteiger partial charge in [0.2, 0.25) is 5.91 Å². The van der Waals surface area contributed by atoms with E-state index in [1.807, 2.05) is 18.7 Å². The van der Waals surface area contributed by atoms with Gasteiger partial charge in [0, 0.05) is 23.3 Å². The van der Waals surface area contributed by atoms with Crippen molar-refractivity contribution >= 4 is 21.8 Å². The van der Waals surface area contributed by atoms with Crippen molar-refractivity contribution in [2.45, 2.75) is 45.4 Å². The van der Waals surface area contributed by atoms with Crippen molar-refractivity contribution in [3.8, 4) is 0 Å². The minimum absolute atomic E-state index is 0.196. The van der Waals surface area contributed by atoms with Crippen molar-refractivity contribution in [2.24, 2.45) is 11.3 Å². The van der Waals surface area contributed by atoms with Crippen LogP contribution in [0.4, 0.5) is 0 Å². The van der Waals surface area contributed by atoms with Crippen molar-refractivity contribution in [1.29, 1.82) is 0 Å². The molecule has 2 nitrogen and oxygen atoms in total. The molecule has 1 aliphatic rings. The molecule has 1 fully saturated rings. The lowest BCUT2D eigenvalue weighted by molar-refractivity contribution is -0.142.